The summed E-state index contributed by atoms with van der Waals surface area (Å²) in [5.74, 6) is -0.701. The minimum atomic E-state index is -0.701. The summed E-state index contributed by atoms with van der Waals surface area (Å²) in [4.78, 5) is 10.4. The molecule has 2 N–H and O–H groups in total. The summed E-state index contributed by atoms with van der Waals surface area (Å²) in [5.41, 5.74) is 0. The first-order valence-corrected chi connectivity index (χ1v) is 9.21. The standard InChI is InChI=1S/C19H36O3/c1-2-3-4-5-6-7-9-12-15-18(20)16-13-10-8-11-14-17-19(21)22/h9,12,18,20H,2-8,10-11,13-17H2,1H3,(H,21,22). The fourth-order valence-corrected chi connectivity index (χ4v) is 2.54. The molecule has 3 heteroatoms. The molecule has 22 heavy (non-hydrogen) atoms. The van der Waals surface area contributed by atoms with Crippen molar-refractivity contribution >= 4 is 5.97 Å². The van der Waals surface area contributed by atoms with Crippen LogP contribution in [-0.2, 0) is 4.79 Å². The lowest BCUT2D eigenvalue weighted by molar-refractivity contribution is -0.137. The lowest BCUT2D eigenvalue weighted by Gasteiger charge is -2.07. The van der Waals surface area contributed by atoms with Crippen molar-refractivity contribution < 1.29 is 15.0 Å². The molecule has 0 aliphatic rings. The van der Waals surface area contributed by atoms with Gasteiger partial charge in [-0.15, -0.1) is 0 Å². The molecule has 0 aromatic carbocycles. The second kappa shape index (κ2) is 16.5. The van der Waals surface area contributed by atoms with Crippen LogP contribution in [0.25, 0.3) is 0 Å². The molecule has 0 aliphatic carbocycles. The van der Waals surface area contributed by atoms with Gasteiger partial charge in [-0.05, 0) is 32.1 Å². The molecular weight excluding hydrogens is 276 g/mol. The maximum Gasteiger partial charge on any atom is 0.303 e. The lowest BCUT2D eigenvalue weighted by atomic mass is 10.0. The number of aliphatic carboxylic acids is 1. The third-order valence-corrected chi connectivity index (χ3v) is 3.98. The second-order valence-corrected chi connectivity index (χ2v) is 6.26. The van der Waals surface area contributed by atoms with Crippen molar-refractivity contribution in [3.8, 4) is 0 Å². The molecule has 0 saturated carbocycles. The van der Waals surface area contributed by atoms with Gasteiger partial charge in [0, 0.05) is 6.42 Å². The van der Waals surface area contributed by atoms with Gasteiger partial charge in [0.2, 0.25) is 0 Å². The zero-order valence-electron chi connectivity index (χ0n) is 14.4. The molecule has 0 saturated heterocycles. The molecule has 1 unspecified atom stereocenters. The number of carboxylic acid groups (broad SMARTS) is 1. The summed E-state index contributed by atoms with van der Waals surface area (Å²) in [5, 5.41) is 18.4. The van der Waals surface area contributed by atoms with Crippen LogP contribution >= 0.6 is 0 Å². The molecule has 0 amide bonds. The summed E-state index contributed by atoms with van der Waals surface area (Å²) >= 11 is 0. The summed E-state index contributed by atoms with van der Waals surface area (Å²) in [6.45, 7) is 2.23. The molecule has 0 heterocycles. The Hall–Kier alpha value is -0.830. The molecule has 0 bridgehead atoms. The predicted octanol–water partition coefficient (Wildman–Crippen LogP) is 5.47. The van der Waals surface area contributed by atoms with E-state index in [1.807, 2.05) is 0 Å². The van der Waals surface area contributed by atoms with Gasteiger partial charge in [-0.2, -0.15) is 0 Å². The van der Waals surface area contributed by atoms with Crippen LogP contribution in [0.4, 0.5) is 0 Å². The van der Waals surface area contributed by atoms with E-state index in [4.69, 9.17) is 5.11 Å². The van der Waals surface area contributed by atoms with E-state index < -0.39 is 5.97 Å². The van der Waals surface area contributed by atoms with Gasteiger partial charge < -0.3 is 10.2 Å². The van der Waals surface area contributed by atoms with Gasteiger partial charge >= 0.3 is 5.97 Å². The molecule has 0 aliphatic heterocycles. The van der Waals surface area contributed by atoms with Crippen molar-refractivity contribution in [2.45, 2.75) is 103 Å². The molecule has 0 aromatic heterocycles. The van der Waals surface area contributed by atoms with Crippen LogP contribution in [0.5, 0.6) is 0 Å². The zero-order valence-corrected chi connectivity index (χ0v) is 14.4. The molecule has 130 valence electrons. The number of aliphatic hydroxyl groups excluding tert-OH is 1. The van der Waals surface area contributed by atoms with Crippen LogP contribution in [0.15, 0.2) is 12.2 Å². The number of carboxylic acids is 1. The van der Waals surface area contributed by atoms with Gasteiger partial charge in [0.15, 0.2) is 0 Å². The number of unbranched alkanes of at least 4 members (excludes halogenated alkanes) is 9. The minimum Gasteiger partial charge on any atom is -0.481 e. The largest absolute Gasteiger partial charge is 0.481 e. The van der Waals surface area contributed by atoms with E-state index in [1.165, 1.54) is 32.1 Å². The van der Waals surface area contributed by atoms with Crippen molar-refractivity contribution in [1.82, 2.24) is 0 Å². The molecule has 0 spiro atoms. The summed E-state index contributed by atoms with van der Waals surface area (Å²) in [6.07, 6.45) is 18.7. The molecule has 0 aromatic rings. The average Bonchev–Trinajstić information content (AvgIpc) is 2.48. The number of allylic oxidation sites excluding steroid dienone is 1. The average molecular weight is 312 g/mol. The van der Waals surface area contributed by atoms with Crippen LogP contribution in [0, 0.1) is 0 Å². The van der Waals surface area contributed by atoms with Crippen molar-refractivity contribution in [2.75, 3.05) is 0 Å². The first kappa shape index (κ1) is 21.2. The summed E-state index contributed by atoms with van der Waals surface area (Å²) < 4.78 is 0. The Morgan fingerprint density at radius 1 is 0.909 bits per heavy atom. The smallest absolute Gasteiger partial charge is 0.303 e. The van der Waals surface area contributed by atoms with Gasteiger partial charge in [0.1, 0.15) is 0 Å². The van der Waals surface area contributed by atoms with E-state index in [2.05, 4.69) is 19.1 Å². The first-order chi connectivity index (χ1) is 10.7. The fourth-order valence-electron chi connectivity index (χ4n) is 2.54. The number of hydrogen-bond acceptors (Lipinski definition) is 2. The van der Waals surface area contributed by atoms with Crippen molar-refractivity contribution in [1.29, 1.82) is 0 Å². The predicted molar refractivity (Wildman–Crippen MR) is 93.1 cm³/mol. The van der Waals surface area contributed by atoms with Gasteiger partial charge in [0.25, 0.3) is 0 Å². The molecule has 1 atom stereocenters. The number of carbonyl (C=O) groups is 1. The van der Waals surface area contributed by atoms with E-state index in [9.17, 15) is 9.90 Å². The highest BCUT2D eigenvalue weighted by Gasteiger charge is 2.01. The maximum absolute atomic E-state index is 10.4. The number of hydrogen-bond donors (Lipinski definition) is 2. The van der Waals surface area contributed by atoms with E-state index in [1.54, 1.807) is 0 Å². The second-order valence-electron chi connectivity index (χ2n) is 6.26. The molecule has 3 nitrogen and oxygen atoms in total. The van der Waals surface area contributed by atoms with Gasteiger partial charge in [-0.1, -0.05) is 70.4 Å². The SMILES string of the molecule is CCCCCCCC=CCC(O)CCCCCCCC(=O)O. The Morgan fingerprint density at radius 3 is 2.27 bits per heavy atom. The highest BCUT2D eigenvalue weighted by atomic mass is 16.4. The van der Waals surface area contributed by atoms with Crippen LogP contribution in [0.2, 0.25) is 0 Å². The van der Waals surface area contributed by atoms with E-state index in [0.29, 0.717) is 0 Å². The Morgan fingerprint density at radius 2 is 1.55 bits per heavy atom. The Labute approximate surface area is 136 Å². The molecule has 0 rings (SSSR count). The normalized spacial score (nSPS) is 12.8. The Kier molecular flexibility index (Phi) is 15.9. The van der Waals surface area contributed by atoms with Crippen molar-refractivity contribution in [2.24, 2.45) is 0 Å². The molecule has 0 fully saturated rings. The summed E-state index contributed by atoms with van der Waals surface area (Å²) in [6, 6.07) is 0. The van der Waals surface area contributed by atoms with Crippen molar-refractivity contribution in [3.63, 3.8) is 0 Å². The summed E-state index contributed by atoms with van der Waals surface area (Å²) in [7, 11) is 0. The zero-order chi connectivity index (χ0) is 16.5. The fraction of sp³-hybridized carbons (Fsp3) is 0.842. The lowest BCUT2D eigenvalue weighted by Crippen LogP contribution is -2.04. The van der Waals surface area contributed by atoms with E-state index in [0.717, 1.165) is 51.4 Å². The Balaban J connectivity index is 3.28. The van der Waals surface area contributed by atoms with E-state index >= 15 is 0 Å². The molecule has 0 radical (unpaired) electrons. The number of rotatable bonds is 16. The Bertz CT molecular complexity index is 274. The third kappa shape index (κ3) is 17.2. The highest BCUT2D eigenvalue weighted by molar-refractivity contribution is 5.66. The third-order valence-electron chi connectivity index (χ3n) is 3.98. The minimum absolute atomic E-state index is 0.213. The van der Waals surface area contributed by atoms with Gasteiger partial charge in [-0.3, -0.25) is 4.79 Å². The van der Waals surface area contributed by atoms with E-state index in [-0.39, 0.29) is 12.5 Å². The van der Waals surface area contributed by atoms with Gasteiger partial charge in [0.05, 0.1) is 6.10 Å². The van der Waals surface area contributed by atoms with Crippen molar-refractivity contribution in [3.05, 3.63) is 12.2 Å². The van der Waals surface area contributed by atoms with Crippen LogP contribution < -0.4 is 0 Å². The maximum atomic E-state index is 10.4. The number of aliphatic hydroxyl groups is 1. The first-order valence-electron chi connectivity index (χ1n) is 9.21. The monoisotopic (exact) mass is 312 g/mol. The van der Waals surface area contributed by atoms with Crippen LogP contribution in [-0.4, -0.2) is 22.3 Å². The topological polar surface area (TPSA) is 57.5 Å². The highest BCUT2D eigenvalue weighted by Crippen LogP contribution is 2.11. The quantitative estimate of drug-likeness (QED) is 0.293. The van der Waals surface area contributed by atoms with Crippen LogP contribution in [0.1, 0.15) is 96.8 Å². The van der Waals surface area contributed by atoms with Crippen LogP contribution in [0.3, 0.4) is 0 Å². The van der Waals surface area contributed by atoms with Gasteiger partial charge in [-0.25, -0.2) is 0 Å². The molecular formula is C19H36O3.